The van der Waals surface area contributed by atoms with Gasteiger partial charge in [0.1, 0.15) is 0 Å². The van der Waals surface area contributed by atoms with E-state index in [-0.39, 0.29) is 5.91 Å². The normalized spacial score (nSPS) is 20.0. The molecule has 0 aromatic heterocycles. The van der Waals surface area contributed by atoms with Crippen LogP contribution in [0.2, 0.25) is 0 Å². The van der Waals surface area contributed by atoms with Crippen molar-refractivity contribution in [2.24, 2.45) is 5.41 Å². The van der Waals surface area contributed by atoms with E-state index in [9.17, 15) is 4.79 Å². The lowest BCUT2D eigenvalue weighted by Crippen LogP contribution is -2.43. The molecule has 2 aromatic rings. The van der Waals surface area contributed by atoms with Gasteiger partial charge in [-0.05, 0) is 36.5 Å². The molecule has 4 heteroatoms. The van der Waals surface area contributed by atoms with Crippen LogP contribution in [0.5, 0.6) is 0 Å². The Labute approximate surface area is 166 Å². The molecule has 28 heavy (non-hydrogen) atoms. The van der Waals surface area contributed by atoms with Crippen LogP contribution in [-0.4, -0.2) is 17.4 Å². The molecular formula is C24H24N3O. The first kappa shape index (κ1) is 18.3. The van der Waals surface area contributed by atoms with Crippen molar-refractivity contribution < 1.29 is 4.79 Å². The third-order valence-electron chi connectivity index (χ3n) is 5.83. The first-order valence-electron chi connectivity index (χ1n) is 9.84. The van der Waals surface area contributed by atoms with Gasteiger partial charge in [0.15, 0.2) is 0 Å². The van der Waals surface area contributed by atoms with Crippen LogP contribution in [0.3, 0.4) is 0 Å². The molecule has 1 radical (unpaired) electrons. The maximum atomic E-state index is 13.6. The summed E-state index contributed by atoms with van der Waals surface area (Å²) in [6, 6.07) is 20.4. The molecule has 2 aliphatic rings. The lowest BCUT2D eigenvalue weighted by Gasteiger charge is -2.37. The molecule has 1 aliphatic carbocycles. The largest absolute Gasteiger partial charge is 0.337 e. The minimum atomic E-state index is -0.462. The molecule has 141 valence electrons. The van der Waals surface area contributed by atoms with E-state index < -0.39 is 5.41 Å². The van der Waals surface area contributed by atoms with Crippen LogP contribution in [-0.2, 0) is 11.3 Å². The number of amides is 1. The van der Waals surface area contributed by atoms with Crippen molar-refractivity contribution in [3.8, 4) is 6.07 Å². The number of nitriles is 1. The minimum Gasteiger partial charge on any atom is -0.337 e. The van der Waals surface area contributed by atoms with Crippen LogP contribution in [0.25, 0.3) is 5.57 Å². The highest BCUT2D eigenvalue weighted by Gasteiger charge is 2.42. The van der Waals surface area contributed by atoms with E-state index in [1.807, 2.05) is 53.4 Å². The molecule has 1 unspecified atom stereocenters. The van der Waals surface area contributed by atoms with Crippen LogP contribution in [0, 0.1) is 16.7 Å². The summed E-state index contributed by atoms with van der Waals surface area (Å²) < 4.78 is 0. The number of fused-ring (bicyclic) bond motifs is 2. The lowest BCUT2D eigenvalue weighted by molar-refractivity contribution is -0.142. The minimum absolute atomic E-state index is 0.141. The van der Waals surface area contributed by atoms with Crippen LogP contribution in [0.1, 0.15) is 43.7 Å². The van der Waals surface area contributed by atoms with Crippen LogP contribution in [0.4, 0.5) is 5.69 Å². The average Bonchev–Trinajstić information content (AvgIpc) is 3.09. The van der Waals surface area contributed by atoms with E-state index in [0.29, 0.717) is 25.9 Å². The molecule has 4 nitrogen and oxygen atoms in total. The van der Waals surface area contributed by atoms with Gasteiger partial charge in [0.25, 0.3) is 0 Å². The third kappa shape index (κ3) is 3.41. The van der Waals surface area contributed by atoms with Crippen molar-refractivity contribution >= 4 is 17.2 Å². The fourth-order valence-electron chi connectivity index (χ4n) is 4.28. The second kappa shape index (κ2) is 7.52. The summed E-state index contributed by atoms with van der Waals surface area (Å²) in [6.45, 7) is 3.08. The molecule has 1 atom stereocenters. The van der Waals surface area contributed by atoms with E-state index in [1.165, 1.54) is 11.1 Å². The molecule has 1 heterocycles. The topological polar surface area (TPSA) is 58.2 Å². The van der Waals surface area contributed by atoms with E-state index in [1.54, 1.807) is 0 Å². The summed E-state index contributed by atoms with van der Waals surface area (Å²) in [7, 11) is 0. The second-order valence-corrected chi connectivity index (χ2v) is 7.91. The summed E-state index contributed by atoms with van der Waals surface area (Å²) in [5.74, 6) is 0.141. The Bertz CT molecular complexity index is 957. The summed E-state index contributed by atoms with van der Waals surface area (Å²) in [5.41, 5.74) is 5.18. The molecule has 0 spiro atoms. The van der Waals surface area contributed by atoms with Crippen molar-refractivity contribution in [3.63, 3.8) is 0 Å². The highest BCUT2D eigenvalue weighted by Crippen LogP contribution is 2.49. The molecule has 0 saturated heterocycles. The van der Waals surface area contributed by atoms with Gasteiger partial charge in [-0.15, -0.1) is 0 Å². The summed E-state index contributed by atoms with van der Waals surface area (Å²) in [5, 5.41) is 13.8. The van der Waals surface area contributed by atoms with Gasteiger partial charge in [-0.2, -0.15) is 5.26 Å². The van der Waals surface area contributed by atoms with Gasteiger partial charge in [-0.25, -0.2) is 0 Å². The molecule has 1 aliphatic heterocycles. The van der Waals surface area contributed by atoms with E-state index in [4.69, 9.17) is 10.6 Å². The van der Waals surface area contributed by atoms with E-state index in [2.05, 4.69) is 19.1 Å². The number of carbonyl (C=O) groups is 1. The van der Waals surface area contributed by atoms with Crippen molar-refractivity contribution in [2.75, 3.05) is 6.54 Å². The SMILES string of the molecule is CC1(C(=O)N(CCC#N)Cc2ccccc2)CCC2=C(C1)c1ccccc1[N]2. The Hall–Kier alpha value is -3.06. The lowest BCUT2D eigenvalue weighted by atomic mass is 9.72. The number of benzene rings is 2. The smallest absolute Gasteiger partial charge is 0.229 e. The predicted octanol–water partition coefficient (Wildman–Crippen LogP) is 4.78. The Balaban J connectivity index is 1.57. The van der Waals surface area contributed by atoms with Gasteiger partial charge in [0.05, 0.1) is 23.6 Å². The molecule has 0 saturated carbocycles. The molecule has 0 N–H and O–H groups in total. The van der Waals surface area contributed by atoms with Gasteiger partial charge in [-0.3, -0.25) is 10.1 Å². The summed E-state index contributed by atoms with van der Waals surface area (Å²) in [4.78, 5) is 15.5. The fourth-order valence-corrected chi connectivity index (χ4v) is 4.28. The Morgan fingerprint density at radius 1 is 1.18 bits per heavy atom. The van der Waals surface area contributed by atoms with Crippen molar-refractivity contribution in [1.29, 1.82) is 5.26 Å². The van der Waals surface area contributed by atoms with Crippen molar-refractivity contribution in [3.05, 3.63) is 71.4 Å². The number of carbonyl (C=O) groups excluding carboxylic acids is 1. The van der Waals surface area contributed by atoms with Gasteiger partial charge >= 0.3 is 0 Å². The fraction of sp³-hybridized carbons (Fsp3) is 0.333. The zero-order valence-electron chi connectivity index (χ0n) is 16.2. The zero-order chi connectivity index (χ0) is 19.6. The monoisotopic (exact) mass is 370 g/mol. The van der Waals surface area contributed by atoms with Gasteiger partial charge in [0, 0.05) is 24.4 Å². The van der Waals surface area contributed by atoms with E-state index >= 15 is 0 Å². The predicted molar refractivity (Wildman–Crippen MR) is 109 cm³/mol. The number of allylic oxidation sites excluding steroid dienone is 2. The molecule has 2 aromatic carbocycles. The van der Waals surface area contributed by atoms with Crippen molar-refractivity contribution in [2.45, 2.75) is 39.2 Å². The van der Waals surface area contributed by atoms with E-state index in [0.717, 1.165) is 29.8 Å². The van der Waals surface area contributed by atoms with Crippen molar-refractivity contribution in [1.82, 2.24) is 10.2 Å². The number of nitrogens with zero attached hydrogens (tertiary/aromatic N) is 3. The Morgan fingerprint density at radius 3 is 2.71 bits per heavy atom. The van der Waals surface area contributed by atoms with Crippen LogP contribution in [0.15, 0.2) is 60.3 Å². The number of para-hydroxylation sites is 1. The molecule has 4 rings (SSSR count). The Morgan fingerprint density at radius 2 is 1.93 bits per heavy atom. The first-order chi connectivity index (χ1) is 13.6. The quantitative estimate of drug-likeness (QED) is 0.760. The first-order valence-corrected chi connectivity index (χ1v) is 9.84. The standard InChI is InChI=1S/C24H24N3O/c1-24(13-12-22-20(16-24)19-10-5-6-11-21(19)26-22)23(28)27(15-7-14-25)17-18-8-3-2-4-9-18/h2-6,8-11H,7,12-13,15-17H2,1H3. The van der Waals surface area contributed by atoms with Crippen LogP contribution >= 0.6 is 0 Å². The molecule has 0 fully saturated rings. The molecule has 0 bridgehead atoms. The number of rotatable bonds is 5. The highest BCUT2D eigenvalue weighted by atomic mass is 16.2. The summed E-state index contributed by atoms with van der Waals surface area (Å²) in [6.07, 6.45) is 2.67. The second-order valence-electron chi connectivity index (χ2n) is 7.91. The maximum Gasteiger partial charge on any atom is 0.229 e. The highest BCUT2D eigenvalue weighted by molar-refractivity contribution is 5.89. The Kier molecular flexibility index (Phi) is 4.92. The van der Waals surface area contributed by atoms with Crippen LogP contribution < -0.4 is 5.32 Å². The zero-order valence-corrected chi connectivity index (χ0v) is 16.2. The molecule has 1 amide bonds. The van der Waals surface area contributed by atoms with Gasteiger partial charge in [0.2, 0.25) is 5.91 Å². The van der Waals surface area contributed by atoms with Gasteiger partial charge < -0.3 is 4.90 Å². The number of hydrogen-bond acceptors (Lipinski definition) is 2. The van der Waals surface area contributed by atoms with Gasteiger partial charge in [-0.1, -0.05) is 55.5 Å². The summed E-state index contributed by atoms with van der Waals surface area (Å²) >= 11 is 0. The maximum absolute atomic E-state index is 13.6. The number of hydrogen-bond donors (Lipinski definition) is 0. The third-order valence-corrected chi connectivity index (χ3v) is 5.83. The average molecular weight is 370 g/mol. The molecular weight excluding hydrogens is 346 g/mol.